The van der Waals surface area contributed by atoms with E-state index in [9.17, 15) is 17.2 Å². The minimum Gasteiger partial charge on any atom is -0.488 e. The Hall–Kier alpha value is -2.03. The highest BCUT2D eigenvalue weighted by Gasteiger charge is 2.32. The topological polar surface area (TPSA) is 51.1 Å². The summed E-state index contributed by atoms with van der Waals surface area (Å²) in [6.07, 6.45) is 0. The van der Waals surface area contributed by atoms with E-state index in [1.807, 2.05) is 31.2 Å². The molecule has 2 aromatic carbocycles. The van der Waals surface area contributed by atoms with Gasteiger partial charge in [0.25, 0.3) is 0 Å². The summed E-state index contributed by atoms with van der Waals surface area (Å²) in [6, 6.07) is 10.4. The molecule has 1 saturated heterocycles. The van der Waals surface area contributed by atoms with Crippen LogP contribution in [0.4, 0.5) is 8.78 Å². The second kappa shape index (κ2) is 8.33. The number of nitrogens with one attached hydrogen (secondary N) is 1. The van der Waals surface area contributed by atoms with Crippen molar-refractivity contribution in [3.63, 3.8) is 0 Å². The number of hydrogen-bond acceptors (Lipinski definition) is 3. The van der Waals surface area contributed by atoms with Gasteiger partial charge < -0.3 is 9.64 Å². The van der Waals surface area contributed by atoms with Crippen molar-refractivity contribution in [1.82, 2.24) is 4.31 Å². The van der Waals surface area contributed by atoms with Gasteiger partial charge in [0, 0.05) is 6.07 Å². The van der Waals surface area contributed by atoms with Crippen LogP contribution in [0.25, 0.3) is 0 Å². The molecule has 0 saturated carbocycles. The second-order valence-corrected chi connectivity index (χ2v) is 8.55. The quantitative estimate of drug-likeness (QED) is 0.798. The number of rotatable bonds is 6. The number of quaternary nitrogens is 1. The SMILES string of the molecule is Cc1cccc(OCC[NH+]2CCN(S(=O)(=O)c3ccc(F)cc3F)CC2)c1. The lowest BCUT2D eigenvalue weighted by Crippen LogP contribution is -3.15. The summed E-state index contributed by atoms with van der Waals surface area (Å²) < 4.78 is 59.1. The van der Waals surface area contributed by atoms with Crippen molar-refractivity contribution < 1.29 is 26.8 Å². The Morgan fingerprint density at radius 1 is 1.11 bits per heavy atom. The molecule has 5 nitrogen and oxygen atoms in total. The van der Waals surface area contributed by atoms with Gasteiger partial charge in [-0.15, -0.1) is 0 Å². The second-order valence-electron chi connectivity index (χ2n) is 6.64. The molecule has 3 rings (SSSR count). The van der Waals surface area contributed by atoms with Crippen LogP contribution in [0, 0.1) is 18.6 Å². The summed E-state index contributed by atoms with van der Waals surface area (Å²) in [5, 5.41) is 0. The van der Waals surface area contributed by atoms with Crippen LogP contribution in [0.15, 0.2) is 47.4 Å². The van der Waals surface area contributed by atoms with Crippen molar-refractivity contribution in [1.29, 1.82) is 0 Å². The van der Waals surface area contributed by atoms with Gasteiger partial charge in [0.05, 0.1) is 26.2 Å². The molecule has 8 heteroatoms. The molecule has 0 bridgehead atoms. The first kappa shape index (κ1) is 19.7. The molecular formula is C19H23F2N2O3S+. The first-order chi connectivity index (χ1) is 12.9. The lowest BCUT2D eigenvalue weighted by Gasteiger charge is -2.31. The number of benzene rings is 2. The summed E-state index contributed by atoms with van der Waals surface area (Å²) in [6.45, 7) is 5.10. The average molecular weight is 397 g/mol. The number of aryl methyl sites for hydroxylation is 1. The summed E-state index contributed by atoms with van der Waals surface area (Å²) in [4.78, 5) is 0.754. The molecule has 0 spiro atoms. The van der Waals surface area contributed by atoms with Crippen LogP contribution in [0.5, 0.6) is 5.75 Å². The van der Waals surface area contributed by atoms with Crippen LogP contribution in [0.3, 0.4) is 0 Å². The van der Waals surface area contributed by atoms with Gasteiger partial charge in [-0.25, -0.2) is 17.2 Å². The Morgan fingerprint density at radius 3 is 2.52 bits per heavy atom. The fourth-order valence-electron chi connectivity index (χ4n) is 3.13. The van der Waals surface area contributed by atoms with Crippen molar-refractivity contribution in [3.8, 4) is 5.75 Å². The molecule has 1 aliphatic heterocycles. The van der Waals surface area contributed by atoms with Gasteiger partial charge in [-0.1, -0.05) is 12.1 Å². The van der Waals surface area contributed by atoms with Crippen LogP contribution < -0.4 is 9.64 Å². The summed E-state index contributed by atoms with van der Waals surface area (Å²) >= 11 is 0. The van der Waals surface area contributed by atoms with Gasteiger partial charge in [-0.05, 0) is 36.8 Å². The molecule has 0 aromatic heterocycles. The minimum absolute atomic E-state index is 0.291. The van der Waals surface area contributed by atoms with Gasteiger partial charge in [0.1, 0.15) is 35.4 Å². The highest BCUT2D eigenvalue weighted by atomic mass is 32.2. The third kappa shape index (κ3) is 4.82. The highest BCUT2D eigenvalue weighted by molar-refractivity contribution is 7.89. The van der Waals surface area contributed by atoms with E-state index in [4.69, 9.17) is 4.74 Å². The Balaban J connectivity index is 1.52. The third-order valence-corrected chi connectivity index (χ3v) is 6.59. The standard InChI is InChI=1S/C19H22F2N2O3S/c1-15-3-2-4-17(13-15)26-12-11-22-7-9-23(10-8-22)27(24,25)19-6-5-16(20)14-18(19)21/h2-6,13-14H,7-12H2,1H3/p+1. The number of sulfonamides is 1. The molecule has 2 aromatic rings. The molecule has 1 fully saturated rings. The largest absolute Gasteiger partial charge is 0.488 e. The maximum atomic E-state index is 13.9. The lowest BCUT2D eigenvalue weighted by atomic mass is 10.2. The fourth-order valence-corrected chi connectivity index (χ4v) is 4.62. The smallest absolute Gasteiger partial charge is 0.246 e. The third-order valence-electron chi connectivity index (χ3n) is 4.66. The molecule has 1 heterocycles. The van der Waals surface area contributed by atoms with E-state index < -0.39 is 26.6 Å². The van der Waals surface area contributed by atoms with Crippen LogP contribution in [-0.2, 0) is 10.0 Å². The van der Waals surface area contributed by atoms with Crippen LogP contribution in [0.1, 0.15) is 5.56 Å². The van der Waals surface area contributed by atoms with Crippen molar-refractivity contribution >= 4 is 10.0 Å². The van der Waals surface area contributed by atoms with Gasteiger partial charge >= 0.3 is 0 Å². The maximum Gasteiger partial charge on any atom is 0.246 e. The van der Waals surface area contributed by atoms with Crippen LogP contribution in [-0.4, -0.2) is 52.1 Å². The van der Waals surface area contributed by atoms with Crippen LogP contribution >= 0.6 is 0 Å². The first-order valence-electron chi connectivity index (χ1n) is 8.84. The van der Waals surface area contributed by atoms with E-state index in [0.717, 1.165) is 30.0 Å². The summed E-state index contributed by atoms with van der Waals surface area (Å²) in [5.41, 5.74) is 1.13. The Kier molecular flexibility index (Phi) is 6.08. The molecule has 1 N–H and O–H groups in total. The van der Waals surface area contributed by atoms with E-state index in [1.165, 1.54) is 9.21 Å². The fraction of sp³-hybridized carbons (Fsp3) is 0.368. The molecule has 0 aliphatic carbocycles. The van der Waals surface area contributed by atoms with Gasteiger partial charge in [0.2, 0.25) is 10.0 Å². The molecule has 0 radical (unpaired) electrons. The zero-order chi connectivity index (χ0) is 19.4. The summed E-state index contributed by atoms with van der Waals surface area (Å²) in [7, 11) is -3.95. The Bertz CT molecular complexity index is 898. The monoisotopic (exact) mass is 397 g/mol. The molecule has 27 heavy (non-hydrogen) atoms. The van der Waals surface area contributed by atoms with Gasteiger partial charge in [-0.3, -0.25) is 0 Å². The molecule has 146 valence electrons. The minimum atomic E-state index is -3.95. The predicted molar refractivity (Wildman–Crippen MR) is 97.4 cm³/mol. The van der Waals surface area contributed by atoms with E-state index >= 15 is 0 Å². The van der Waals surface area contributed by atoms with Crippen LogP contribution in [0.2, 0.25) is 0 Å². The predicted octanol–water partition coefficient (Wildman–Crippen LogP) is 1.24. The summed E-state index contributed by atoms with van der Waals surface area (Å²) in [5.74, 6) is -1.03. The zero-order valence-corrected chi connectivity index (χ0v) is 15.9. The van der Waals surface area contributed by atoms with Crippen molar-refractivity contribution in [3.05, 3.63) is 59.7 Å². The Morgan fingerprint density at radius 2 is 1.85 bits per heavy atom. The van der Waals surface area contributed by atoms with Gasteiger partial charge in [-0.2, -0.15) is 4.31 Å². The van der Waals surface area contributed by atoms with E-state index in [0.29, 0.717) is 38.9 Å². The molecule has 1 aliphatic rings. The maximum absolute atomic E-state index is 13.9. The van der Waals surface area contributed by atoms with E-state index in [1.54, 1.807) is 0 Å². The van der Waals surface area contributed by atoms with E-state index in [-0.39, 0.29) is 0 Å². The van der Waals surface area contributed by atoms with Gasteiger partial charge in [0.15, 0.2) is 0 Å². The molecule has 0 atom stereocenters. The van der Waals surface area contributed by atoms with Crippen molar-refractivity contribution in [2.24, 2.45) is 0 Å². The normalized spacial score (nSPS) is 16.4. The number of ether oxygens (including phenoxy) is 1. The number of hydrogen-bond donors (Lipinski definition) is 1. The number of nitrogens with zero attached hydrogens (tertiary/aromatic N) is 1. The zero-order valence-electron chi connectivity index (χ0n) is 15.1. The molecule has 0 amide bonds. The first-order valence-corrected chi connectivity index (χ1v) is 10.3. The van der Waals surface area contributed by atoms with Crippen molar-refractivity contribution in [2.75, 3.05) is 39.3 Å². The van der Waals surface area contributed by atoms with E-state index in [2.05, 4.69) is 0 Å². The molecular weight excluding hydrogens is 374 g/mol. The highest BCUT2D eigenvalue weighted by Crippen LogP contribution is 2.20. The number of piperazine rings is 1. The number of halogens is 2. The lowest BCUT2D eigenvalue weighted by molar-refractivity contribution is -0.903. The average Bonchev–Trinajstić information content (AvgIpc) is 2.62. The van der Waals surface area contributed by atoms with Crippen molar-refractivity contribution in [2.45, 2.75) is 11.8 Å². The Labute approximate surface area is 158 Å². The molecule has 0 unspecified atom stereocenters.